The van der Waals surface area contributed by atoms with Crippen molar-refractivity contribution in [1.29, 1.82) is 0 Å². The van der Waals surface area contributed by atoms with Crippen molar-refractivity contribution in [2.45, 2.75) is 32.0 Å². The third kappa shape index (κ3) is 5.29. The molecule has 0 atom stereocenters. The second-order valence-electron chi connectivity index (χ2n) is 8.85. The van der Waals surface area contributed by atoms with Crippen molar-refractivity contribution < 1.29 is 27.5 Å². The molecular formula is C22H24F3N9O4. The molecule has 0 unspecified atom stereocenters. The molecule has 2 aliphatic rings. The fraction of sp³-hybridized carbons (Fsp3) is 0.500. The average molecular weight is 535 g/mol. The zero-order chi connectivity index (χ0) is 26.9. The first-order valence-electron chi connectivity index (χ1n) is 12.0. The van der Waals surface area contributed by atoms with Crippen molar-refractivity contribution >= 4 is 34.5 Å². The molecule has 2 amide bonds. The van der Waals surface area contributed by atoms with E-state index < -0.39 is 22.8 Å². The Morgan fingerprint density at radius 3 is 2.63 bits per heavy atom. The van der Waals surface area contributed by atoms with Crippen LogP contribution in [-0.2, 0) is 33.5 Å². The van der Waals surface area contributed by atoms with Crippen LogP contribution in [-0.4, -0.2) is 86.1 Å². The molecule has 202 valence electrons. The zero-order valence-corrected chi connectivity index (χ0v) is 20.1. The van der Waals surface area contributed by atoms with Gasteiger partial charge < -0.3 is 19.9 Å². The molecule has 1 saturated heterocycles. The number of fused-ring (bicyclic) bond motifs is 2. The topological polar surface area (TPSA) is 151 Å². The third-order valence-corrected chi connectivity index (χ3v) is 6.39. The highest BCUT2D eigenvalue weighted by Crippen LogP contribution is 2.32. The van der Waals surface area contributed by atoms with Crippen molar-refractivity contribution in [3.8, 4) is 0 Å². The molecule has 2 aliphatic heterocycles. The number of aryl methyl sites for hydroxylation is 1. The predicted octanol–water partition coefficient (Wildman–Crippen LogP) is 0.569. The van der Waals surface area contributed by atoms with Gasteiger partial charge in [0.25, 0.3) is 5.56 Å². The Hall–Kier alpha value is -4.08. The van der Waals surface area contributed by atoms with E-state index in [1.165, 1.54) is 0 Å². The summed E-state index contributed by atoms with van der Waals surface area (Å²) in [4.78, 5) is 48.6. The maximum Gasteiger partial charge on any atom is 0.435 e. The summed E-state index contributed by atoms with van der Waals surface area (Å²) in [6.45, 7) is 2.01. The molecule has 1 fully saturated rings. The Balaban J connectivity index is 1.08. The van der Waals surface area contributed by atoms with Crippen molar-refractivity contribution in [3.05, 3.63) is 34.0 Å². The van der Waals surface area contributed by atoms with E-state index in [0.717, 1.165) is 16.4 Å². The number of carbonyl (C=O) groups is 2. The second-order valence-corrected chi connectivity index (χ2v) is 8.85. The number of aromatic nitrogens is 6. The Labute approximate surface area is 213 Å². The molecule has 0 aliphatic carbocycles. The van der Waals surface area contributed by atoms with E-state index in [4.69, 9.17) is 4.74 Å². The minimum absolute atomic E-state index is 0.00581. The molecule has 5 rings (SSSR count). The molecule has 3 aromatic heterocycles. The minimum atomic E-state index is -4.79. The smallest absolute Gasteiger partial charge is 0.379 e. The molecular weight excluding hydrogens is 511 g/mol. The molecule has 38 heavy (non-hydrogen) atoms. The monoisotopic (exact) mass is 535 g/mol. The van der Waals surface area contributed by atoms with E-state index in [1.54, 1.807) is 11.1 Å². The average Bonchev–Trinajstić information content (AvgIpc) is 3.28. The van der Waals surface area contributed by atoms with Crippen LogP contribution in [0.3, 0.4) is 0 Å². The summed E-state index contributed by atoms with van der Waals surface area (Å²) in [6, 6.07) is 0. The molecule has 3 aromatic rings. The Bertz CT molecular complexity index is 1410. The summed E-state index contributed by atoms with van der Waals surface area (Å²) in [5.74, 6) is 0.847. The maximum absolute atomic E-state index is 13.3. The highest BCUT2D eigenvalue weighted by atomic mass is 19.4. The second kappa shape index (κ2) is 10.4. The van der Waals surface area contributed by atoms with Crippen molar-refractivity contribution in [3.63, 3.8) is 0 Å². The molecule has 13 nitrogen and oxygen atoms in total. The summed E-state index contributed by atoms with van der Waals surface area (Å²) in [6.07, 6.45) is -0.842. The normalized spacial score (nSPS) is 16.0. The molecule has 5 heterocycles. The largest absolute Gasteiger partial charge is 0.435 e. The van der Waals surface area contributed by atoms with Crippen molar-refractivity contribution in [1.82, 2.24) is 34.8 Å². The van der Waals surface area contributed by atoms with Crippen molar-refractivity contribution in [2.24, 2.45) is 0 Å². The van der Waals surface area contributed by atoms with E-state index in [9.17, 15) is 27.6 Å². The van der Waals surface area contributed by atoms with Gasteiger partial charge in [0.05, 0.1) is 37.9 Å². The van der Waals surface area contributed by atoms with Gasteiger partial charge in [-0.25, -0.2) is 10.1 Å². The number of nitrogens with zero attached hydrogens (tertiary/aromatic N) is 7. The first kappa shape index (κ1) is 25.6. The van der Waals surface area contributed by atoms with Gasteiger partial charge in [0, 0.05) is 44.4 Å². The lowest BCUT2D eigenvalue weighted by atomic mass is 10.1. The number of amides is 2. The van der Waals surface area contributed by atoms with Crippen LogP contribution in [0.1, 0.15) is 24.1 Å². The SMILES string of the molecule is O=C1CCc2cnc(N3CCN(C(=O)CCOCCn4nc(C(F)(F)F)c5c(=O)[nH]ncc54)CC3)nc2N1. The zero-order valence-electron chi connectivity index (χ0n) is 20.1. The van der Waals surface area contributed by atoms with Crippen LogP contribution in [0, 0.1) is 0 Å². The quantitative estimate of drug-likeness (QED) is 0.414. The molecule has 2 N–H and O–H groups in total. The number of carbonyl (C=O) groups excluding carboxylic acids is 2. The van der Waals surface area contributed by atoms with Gasteiger partial charge in [-0.2, -0.15) is 28.4 Å². The lowest BCUT2D eigenvalue weighted by Crippen LogP contribution is -2.49. The number of alkyl halides is 3. The molecule has 16 heteroatoms. The van der Waals surface area contributed by atoms with Crippen LogP contribution < -0.4 is 15.8 Å². The van der Waals surface area contributed by atoms with Crippen LogP contribution in [0.5, 0.6) is 0 Å². The van der Waals surface area contributed by atoms with E-state index >= 15 is 0 Å². The first-order valence-corrected chi connectivity index (χ1v) is 12.0. The summed E-state index contributed by atoms with van der Waals surface area (Å²) >= 11 is 0. The number of nitrogens with one attached hydrogen (secondary N) is 2. The van der Waals surface area contributed by atoms with Gasteiger partial charge in [-0.3, -0.25) is 19.1 Å². The number of rotatable bonds is 7. The number of halogens is 3. The van der Waals surface area contributed by atoms with Crippen LogP contribution in [0.2, 0.25) is 0 Å². The Kier molecular flexibility index (Phi) is 6.96. The number of aromatic amines is 1. The number of anilines is 2. The number of hydrogen-bond acceptors (Lipinski definition) is 9. The third-order valence-electron chi connectivity index (χ3n) is 6.39. The molecule has 0 saturated carbocycles. The lowest BCUT2D eigenvalue weighted by molar-refractivity contribution is -0.140. The summed E-state index contributed by atoms with van der Waals surface area (Å²) in [5.41, 5.74) is -1.41. The molecule has 0 bridgehead atoms. The highest BCUT2D eigenvalue weighted by Gasteiger charge is 2.38. The molecule has 0 aromatic carbocycles. The first-order chi connectivity index (χ1) is 18.2. The number of H-pyrrole nitrogens is 1. The van der Waals surface area contributed by atoms with E-state index in [1.807, 2.05) is 10.00 Å². The van der Waals surface area contributed by atoms with E-state index in [-0.39, 0.29) is 43.5 Å². The van der Waals surface area contributed by atoms with E-state index in [0.29, 0.717) is 50.8 Å². The predicted molar refractivity (Wildman–Crippen MR) is 126 cm³/mol. The van der Waals surface area contributed by atoms with Crippen LogP contribution in [0.4, 0.5) is 24.9 Å². The molecule has 0 spiro atoms. The number of ether oxygens (including phenoxy) is 1. The van der Waals surface area contributed by atoms with Gasteiger partial charge in [0.1, 0.15) is 11.2 Å². The van der Waals surface area contributed by atoms with Gasteiger partial charge in [-0.1, -0.05) is 0 Å². The summed E-state index contributed by atoms with van der Waals surface area (Å²) in [5, 5.41) is 11.3. The van der Waals surface area contributed by atoms with E-state index in [2.05, 4.69) is 25.5 Å². The fourth-order valence-electron chi connectivity index (χ4n) is 4.42. The fourth-order valence-corrected chi connectivity index (χ4v) is 4.42. The number of piperazine rings is 1. The van der Waals surface area contributed by atoms with Crippen LogP contribution in [0.25, 0.3) is 10.9 Å². The van der Waals surface area contributed by atoms with Gasteiger partial charge in [0.2, 0.25) is 17.8 Å². The highest BCUT2D eigenvalue weighted by molar-refractivity contribution is 5.92. The summed E-state index contributed by atoms with van der Waals surface area (Å²) < 4.78 is 46.3. The summed E-state index contributed by atoms with van der Waals surface area (Å²) in [7, 11) is 0. The lowest BCUT2D eigenvalue weighted by Gasteiger charge is -2.35. The van der Waals surface area contributed by atoms with Gasteiger partial charge in [-0.15, -0.1) is 0 Å². The van der Waals surface area contributed by atoms with Crippen LogP contribution in [0.15, 0.2) is 17.2 Å². The Morgan fingerprint density at radius 2 is 1.87 bits per heavy atom. The number of hydrogen-bond donors (Lipinski definition) is 2. The van der Waals surface area contributed by atoms with Gasteiger partial charge in [0.15, 0.2) is 5.69 Å². The van der Waals surface area contributed by atoms with Crippen molar-refractivity contribution in [2.75, 3.05) is 49.6 Å². The Morgan fingerprint density at radius 1 is 1.08 bits per heavy atom. The minimum Gasteiger partial charge on any atom is -0.379 e. The standard InChI is InChI=1S/C22H24F3N9O4/c23-22(24,25)18-17-14(12-27-30-20(17)37)34(31-18)8-10-38-9-3-16(36)32-4-6-33(7-5-32)21-26-11-13-1-2-15(35)28-19(13)29-21/h11-12H,1-10H2,(H,30,37)(H,26,28,29,35). The van der Waals surface area contributed by atoms with Crippen LogP contribution >= 0.6 is 0 Å². The van der Waals surface area contributed by atoms with Gasteiger partial charge >= 0.3 is 6.18 Å². The van der Waals surface area contributed by atoms with Gasteiger partial charge in [-0.05, 0) is 6.42 Å². The maximum atomic E-state index is 13.3. The molecule has 0 radical (unpaired) electrons.